The zero-order valence-corrected chi connectivity index (χ0v) is 17.8. The van der Waals surface area contributed by atoms with E-state index >= 15 is 0 Å². The summed E-state index contributed by atoms with van der Waals surface area (Å²) in [5, 5.41) is 12.7. The molecule has 1 aliphatic rings. The molecule has 0 atom stereocenters. The van der Waals surface area contributed by atoms with Gasteiger partial charge in [-0.1, -0.05) is 12.1 Å². The fraction of sp³-hybridized carbons (Fsp3) is 0.273. The number of carbonyl (C=O) groups excluding carboxylic acids is 1. The van der Waals surface area contributed by atoms with E-state index in [2.05, 4.69) is 64.8 Å². The highest BCUT2D eigenvalue weighted by Gasteiger charge is 2.16. The Bertz CT molecular complexity index is 1210. The van der Waals surface area contributed by atoms with E-state index in [-0.39, 0.29) is 5.91 Å². The van der Waals surface area contributed by atoms with Crippen molar-refractivity contribution in [1.29, 1.82) is 0 Å². The maximum Gasteiger partial charge on any atom is 0.275 e. The first-order valence-corrected chi connectivity index (χ1v) is 10.6. The number of aromatic amines is 2. The number of hydrogen-bond donors (Lipinski definition) is 4. The number of anilines is 3. The van der Waals surface area contributed by atoms with Gasteiger partial charge in [0.15, 0.2) is 0 Å². The summed E-state index contributed by atoms with van der Waals surface area (Å²) < 4.78 is 0. The van der Waals surface area contributed by atoms with E-state index < -0.39 is 0 Å². The Hall–Kier alpha value is -3.76. The summed E-state index contributed by atoms with van der Waals surface area (Å²) in [5.74, 6) is 0.0975. The van der Waals surface area contributed by atoms with Crippen LogP contribution in [0.5, 0.6) is 0 Å². The minimum absolute atomic E-state index is 0.292. The zero-order valence-electron chi connectivity index (χ0n) is 17.8. The van der Waals surface area contributed by atoms with Crippen molar-refractivity contribution in [3.63, 3.8) is 0 Å². The largest absolute Gasteiger partial charge is 0.359 e. The molecule has 0 spiro atoms. The van der Waals surface area contributed by atoms with Gasteiger partial charge in [0.2, 0.25) is 5.95 Å². The third-order valence-corrected chi connectivity index (χ3v) is 5.63. The highest BCUT2D eigenvalue weighted by molar-refractivity contribution is 6.06. The highest BCUT2D eigenvalue weighted by atomic mass is 16.2. The van der Waals surface area contributed by atoms with E-state index in [0.717, 1.165) is 49.4 Å². The van der Waals surface area contributed by atoms with Gasteiger partial charge in [0.05, 0.1) is 29.1 Å². The van der Waals surface area contributed by atoms with Gasteiger partial charge in [-0.3, -0.25) is 14.8 Å². The smallest absolute Gasteiger partial charge is 0.275 e. The van der Waals surface area contributed by atoms with Crippen LogP contribution in [0, 0.1) is 0 Å². The number of rotatable bonds is 6. The molecule has 1 aliphatic heterocycles. The molecule has 0 saturated carbocycles. The van der Waals surface area contributed by atoms with Crippen LogP contribution in [-0.2, 0) is 6.54 Å². The lowest BCUT2D eigenvalue weighted by Crippen LogP contribution is -2.43. The Morgan fingerprint density at radius 1 is 1.09 bits per heavy atom. The molecule has 10 heteroatoms. The SMILES string of the molecule is CN1CCN(Cc2ccc(NC(=O)c3[nH]ncc3Nc3ncc4[nH]ccc4n3)cc2)CC1. The topological polar surface area (TPSA) is 118 Å². The van der Waals surface area contributed by atoms with Crippen LogP contribution in [0.4, 0.5) is 17.3 Å². The van der Waals surface area contributed by atoms with Crippen LogP contribution >= 0.6 is 0 Å². The van der Waals surface area contributed by atoms with Crippen molar-refractivity contribution in [2.45, 2.75) is 6.54 Å². The summed E-state index contributed by atoms with van der Waals surface area (Å²) in [6.45, 7) is 5.26. The van der Waals surface area contributed by atoms with Gasteiger partial charge in [-0.05, 0) is 30.8 Å². The maximum atomic E-state index is 12.8. The molecule has 4 heterocycles. The van der Waals surface area contributed by atoms with Gasteiger partial charge in [0.1, 0.15) is 5.69 Å². The second kappa shape index (κ2) is 8.77. The molecule has 0 unspecified atom stereocenters. The number of hydrogen-bond acceptors (Lipinski definition) is 7. The number of amides is 1. The Kier molecular flexibility index (Phi) is 5.53. The Labute approximate surface area is 185 Å². The third-order valence-electron chi connectivity index (χ3n) is 5.63. The van der Waals surface area contributed by atoms with Gasteiger partial charge in [-0.25, -0.2) is 9.97 Å². The number of aromatic nitrogens is 5. The molecule has 0 bridgehead atoms. The number of carbonyl (C=O) groups is 1. The van der Waals surface area contributed by atoms with Crippen LogP contribution in [0.3, 0.4) is 0 Å². The molecule has 4 aromatic rings. The van der Waals surface area contributed by atoms with Crippen LogP contribution < -0.4 is 10.6 Å². The van der Waals surface area contributed by atoms with Gasteiger partial charge in [-0.2, -0.15) is 5.10 Å². The van der Waals surface area contributed by atoms with Crippen LogP contribution in [0.1, 0.15) is 16.1 Å². The average Bonchev–Trinajstić information content (AvgIpc) is 3.46. The van der Waals surface area contributed by atoms with Crippen LogP contribution in [-0.4, -0.2) is 74.1 Å². The van der Waals surface area contributed by atoms with E-state index in [1.165, 1.54) is 5.56 Å². The number of fused-ring (bicyclic) bond motifs is 1. The number of benzene rings is 1. The Morgan fingerprint density at radius 2 is 1.91 bits per heavy atom. The summed E-state index contributed by atoms with van der Waals surface area (Å²) in [4.78, 5) is 29.3. The lowest BCUT2D eigenvalue weighted by molar-refractivity contribution is 0.102. The van der Waals surface area contributed by atoms with Gasteiger partial charge < -0.3 is 20.5 Å². The maximum absolute atomic E-state index is 12.8. The van der Waals surface area contributed by atoms with Crippen molar-refractivity contribution < 1.29 is 4.79 Å². The molecule has 1 amide bonds. The van der Waals surface area contributed by atoms with E-state index in [4.69, 9.17) is 0 Å². The number of nitrogens with zero attached hydrogens (tertiary/aromatic N) is 5. The molecule has 1 aromatic carbocycles. The fourth-order valence-electron chi connectivity index (χ4n) is 3.73. The lowest BCUT2D eigenvalue weighted by atomic mass is 10.1. The fourth-order valence-corrected chi connectivity index (χ4v) is 3.73. The standard InChI is InChI=1S/C22H25N9O/c1-30-8-10-31(11-9-30)14-15-2-4-16(5-3-15)26-21(32)20-19(13-25-29-20)28-22-24-12-18-17(27-22)6-7-23-18/h2-7,12-13,23H,8-11,14H2,1H3,(H,25,29)(H,26,32)(H,24,27,28). The molecule has 164 valence electrons. The Balaban J connectivity index is 1.22. The number of H-pyrrole nitrogens is 2. The molecule has 0 aliphatic carbocycles. The minimum atomic E-state index is -0.292. The minimum Gasteiger partial charge on any atom is -0.359 e. The number of likely N-dealkylation sites (N-methyl/N-ethyl adjacent to an activating group) is 1. The summed E-state index contributed by atoms with van der Waals surface area (Å²) >= 11 is 0. The normalized spacial score (nSPS) is 15.2. The van der Waals surface area contributed by atoms with Crippen LogP contribution in [0.15, 0.2) is 48.9 Å². The predicted octanol–water partition coefficient (Wildman–Crippen LogP) is 2.42. The molecule has 3 aromatic heterocycles. The van der Waals surface area contributed by atoms with Crippen molar-refractivity contribution >= 4 is 34.3 Å². The molecule has 10 nitrogen and oxygen atoms in total. The van der Waals surface area contributed by atoms with Crippen molar-refractivity contribution in [3.05, 3.63) is 60.2 Å². The summed E-state index contributed by atoms with van der Waals surface area (Å²) in [6.07, 6.45) is 5.03. The van der Waals surface area contributed by atoms with Gasteiger partial charge in [-0.15, -0.1) is 0 Å². The van der Waals surface area contributed by atoms with Crippen molar-refractivity contribution in [2.75, 3.05) is 43.9 Å². The predicted molar refractivity (Wildman–Crippen MR) is 123 cm³/mol. The summed E-state index contributed by atoms with van der Waals surface area (Å²) in [6, 6.07) is 9.82. The van der Waals surface area contributed by atoms with E-state index in [0.29, 0.717) is 17.3 Å². The Morgan fingerprint density at radius 3 is 2.72 bits per heavy atom. The quantitative estimate of drug-likeness (QED) is 0.370. The first-order chi connectivity index (χ1) is 15.6. The number of nitrogens with one attached hydrogen (secondary N) is 4. The molecule has 32 heavy (non-hydrogen) atoms. The second-order valence-corrected chi connectivity index (χ2v) is 7.98. The van der Waals surface area contributed by atoms with Crippen LogP contribution in [0.25, 0.3) is 11.0 Å². The van der Waals surface area contributed by atoms with Crippen LogP contribution in [0.2, 0.25) is 0 Å². The summed E-state index contributed by atoms with van der Waals surface area (Å²) in [5.41, 5.74) is 4.40. The molecular weight excluding hydrogens is 406 g/mol. The average molecular weight is 432 g/mol. The molecule has 1 saturated heterocycles. The first kappa shape index (κ1) is 20.2. The van der Waals surface area contributed by atoms with Gasteiger partial charge in [0, 0.05) is 44.6 Å². The molecule has 1 fully saturated rings. The van der Waals surface area contributed by atoms with Crippen molar-refractivity contribution in [3.8, 4) is 0 Å². The monoisotopic (exact) mass is 431 g/mol. The van der Waals surface area contributed by atoms with Gasteiger partial charge >= 0.3 is 0 Å². The van der Waals surface area contributed by atoms with E-state index in [9.17, 15) is 4.79 Å². The van der Waals surface area contributed by atoms with Gasteiger partial charge in [0.25, 0.3) is 5.91 Å². The third kappa shape index (κ3) is 4.46. The summed E-state index contributed by atoms with van der Waals surface area (Å²) in [7, 11) is 2.16. The van der Waals surface area contributed by atoms with E-state index in [1.54, 1.807) is 18.6 Å². The van der Waals surface area contributed by atoms with E-state index in [1.807, 2.05) is 18.2 Å². The first-order valence-electron chi connectivity index (χ1n) is 10.6. The molecular formula is C22H25N9O. The zero-order chi connectivity index (χ0) is 21.9. The lowest BCUT2D eigenvalue weighted by Gasteiger charge is -2.32. The molecule has 4 N–H and O–H groups in total. The second-order valence-electron chi connectivity index (χ2n) is 7.98. The highest BCUT2D eigenvalue weighted by Crippen LogP contribution is 2.20. The number of piperazine rings is 1. The van der Waals surface area contributed by atoms with Crippen molar-refractivity contribution in [1.82, 2.24) is 34.9 Å². The molecule has 5 rings (SSSR count). The van der Waals surface area contributed by atoms with Crippen molar-refractivity contribution in [2.24, 2.45) is 0 Å². The molecule has 0 radical (unpaired) electrons.